The second kappa shape index (κ2) is 7.77. The van der Waals surface area contributed by atoms with Crippen LogP contribution in [0.4, 0.5) is 0 Å². The first-order chi connectivity index (χ1) is 7.52. The summed E-state index contributed by atoms with van der Waals surface area (Å²) in [6.07, 6.45) is 0.116. The summed E-state index contributed by atoms with van der Waals surface area (Å²) in [7, 11) is 0. The zero-order chi connectivity index (χ0) is 12.1. The fourth-order valence-corrected chi connectivity index (χ4v) is 1.85. The quantitative estimate of drug-likeness (QED) is 0.867. The van der Waals surface area contributed by atoms with Gasteiger partial charge in [0.1, 0.15) is 0 Å². The summed E-state index contributed by atoms with van der Waals surface area (Å²) in [4.78, 5) is 11.2. The predicted octanol–water partition coefficient (Wildman–Crippen LogP) is 3.37. The molecule has 0 amide bonds. The van der Waals surface area contributed by atoms with Crippen LogP contribution in [0.25, 0.3) is 0 Å². The molecule has 0 fully saturated rings. The molecule has 0 spiro atoms. The van der Waals surface area contributed by atoms with Crippen LogP contribution in [0.2, 0.25) is 10.0 Å². The minimum Gasteiger partial charge on any atom is -0.466 e. The highest BCUT2D eigenvalue weighted by Gasteiger charge is 2.13. The Morgan fingerprint density at radius 3 is 2.35 bits per heavy atom. The predicted molar refractivity (Wildman–Crippen MR) is 71.9 cm³/mol. The molecular weight excluding hydrogens is 284 g/mol. The normalized spacial score (nSPS) is 11.5. The van der Waals surface area contributed by atoms with Crippen LogP contribution < -0.4 is 5.73 Å². The molecule has 0 saturated heterocycles. The SMILES string of the molecule is CCOC(=O)C[C@H](N)c1cc(Cl)cc(Cl)c1.Cl. The monoisotopic (exact) mass is 297 g/mol. The Hall–Kier alpha value is -0.480. The van der Waals surface area contributed by atoms with Crippen LogP contribution in [0.1, 0.15) is 24.9 Å². The van der Waals surface area contributed by atoms with Crippen LogP contribution in [0.5, 0.6) is 0 Å². The highest BCUT2D eigenvalue weighted by molar-refractivity contribution is 6.34. The van der Waals surface area contributed by atoms with Crippen LogP contribution in [-0.4, -0.2) is 12.6 Å². The fraction of sp³-hybridized carbons (Fsp3) is 0.364. The fourth-order valence-electron chi connectivity index (χ4n) is 1.31. The van der Waals surface area contributed by atoms with Gasteiger partial charge in [-0.05, 0) is 30.7 Å². The first-order valence-corrected chi connectivity index (χ1v) is 5.65. The van der Waals surface area contributed by atoms with E-state index in [-0.39, 0.29) is 24.8 Å². The molecule has 0 heterocycles. The molecule has 0 radical (unpaired) electrons. The Morgan fingerprint density at radius 1 is 1.35 bits per heavy atom. The van der Waals surface area contributed by atoms with Crippen LogP contribution in [-0.2, 0) is 9.53 Å². The van der Waals surface area contributed by atoms with E-state index in [2.05, 4.69) is 0 Å². The number of esters is 1. The van der Waals surface area contributed by atoms with Gasteiger partial charge in [0.2, 0.25) is 0 Å². The van der Waals surface area contributed by atoms with Crippen molar-refractivity contribution in [3.05, 3.63) is 33.8 Å². The van der Waals surface area contributed by atoms with Crippen LogP contribution in [0, 0.1) is 0 Å². The van der Waals surface area contributed by atoms with Crippen molar-refractivity contribution in [1.29, 1.82) is 0 Å². The van der Waals surface area contributed by atoms with Gasteiger partial charge in [0, 0.05) is 16.1 Å². The summed E-state index contributed by atoms with van der Waals surface area (Å²) in [6, 6.07) is 4.55. The highest BCUT2D eigenvalue weighted by atomic mass is 35.5. The molecule has 17 heavy (non-hydrogen) atoms. The summed E-state index contributed by atoms with van der Waals surface area (Å²) in [5.74, 6) is -0.328. The second-order valence-corrected chi connectivity index (χ2v) is 4.19. The molecule has 3 nitrogen and oxygen atoms in total. The lowest BCUT2D eigenvalue weighted by Gasteiger charge is -2.12. The third-order valence-corrected chi connectivity index (χ3v) is 2.44. The Kier molecular flexibility index (Phi) is 7.55. The minimum absolute atomic E-state index is 0. The lowest BCUT2D eigenvalue weighted by atomic mass is 10.1. The zero-order valence-corrected chi connectivity index (χ0v) is 11.6. The van der Waals surface area contributed by atoms with Crippen molar-refractivity contribution < 1.29 is 9.53 Å². The Balaban J connectivity index is 0.00000256. The lowest BCUT2D eigenvalue weighted by molar-refractivity contribution is -0.143. The van der Waals surface area contributed by atoms with Gasteiger partial charge >= 0.3 is 5.97 Å². The summed E-state index contributed by atoms with van der Waals surface area (Å²) < 4.78 is 4.81. The maximum atomic E-state index is 11.2. The molecule has 0 aliphatic carbocycles. The van der Waals surface area contributed by atoms with Gasteiger partial charge in [0.15, 0.2) is 0 Å². The van der Waals surface area contributed by atoms with Gasteiger partial charge in [-0.25, -0.2) is 0 Å². The standard InChI is InChI=1S/C11H13Cl2NO2.ClH/c1-2-16-11(15)6-10(14)7-3-8(12)5-9(13)4-7;/h3-5,10H,2,6,14H2,1H3;1H/t10-;/m0./s1. The Bertz CT molecular complexity index is 365. The number of halogens is 3. The topological polar surface area (TPSA) is 52.3 Å². The van der Waals surface area contributed by atoms with E-state index in [1.807, 2.05) is 0 Å². The van der Waals surface area contributed by atoms with Crippen LogP contribution in [0.3, 0.4) is 0 Å². The molecule has 0 aliphatic rings. The summed E-state index contributed by atoms with van der Waals surface area (Å²) in [5, 5.41) is 1.00. The largest absolute Gasteiger partial charge is 0.466 e. The van der Waals surface area contributed by atoms with E-state index < -0.39 is 6.04 Å². The lowest BCUT2D eigenvalue weighted by Crippen LogP contribution is -2.17. The molecule has 0 unspecified atom stereocenters. The Morgan fingerprint density at radius 2 is 1.88 bits per heavy atom. The highest BCUT2D eigenvalue weighted by Crippen LogP contribution is 2.24. The number of carbonyl (C=O) groups is 1. The van der Waals surface area contributed by atoms with Gasteiger partial charge in [-0.3, -0.25) is 4.79 Å². The molecule has 0 bridgehead atoms. The molecule has 1 aromatic carbocycles. The number of hydrogen-bond acceptors (Lipinski definition) is 3. The first kappa shape index (κ1) is 16.5. The molecule has 96 valence electrons. The van der Waals surface area contributed by atoms with Crippen molar-refractivity contribution in [2.45, 2.75) is 19.4 Å². The summed E-state index contributed by atoms with van der Waals surface area (Å²) in [6.45, 7) is 2.10. The van der Waals surface area contributed by atoms with E-state index >= 15 is 0 Å². The number of ether oxygens (including phenoxy) is 1. The van der Waals surface area contributed by atoms with Gasteiger partial charge in [0.25, 0.3) is 0 Å². The first-order valence-electron chi connectivity index (χ1n) is 4.90. The van der Waals surface area contributed by atoms with Crippen molar-refractivity contribution >= 4 is 41.6 Å². The molecule has 0 aliphatic heterocycles. The van der Waals surface area contributed by atoms with E-state index in [0.29, 0.717) is 16.7 Å². The maximum absolute atomic E-state index is 11.2. The van der Waals surface area contributed by atoms with Crippen molar-refractivity contribution in [3.63, 3.8) is 0 Å². The van der Waals surface area contributed by atoms with E-state index in [1.165, 1.54) is 0 Å². The maximum Gasteiger partial charge on any atom is 0.307 e. The molecule has 6 heteroatoms. The third kappa shape index (κ3) is 5.59. The van der Waals surface area contributed by atoms with Crippen molar-refractivity contribution in [2.75, 3.05) is 6.61 Å². The third-order valence-electron chi connectivity index (χ3n) is 2.00. The molecular formula is C11H14Cl3NO2. The molecule has 0 saturated carbocycles. The smallest absolute Gasteiger partial charge is 0.307 e. The molecule has 1 atom stereocenters. The molecule has 1 aromatic rings. The van der Waals surface area contributed by atoms with Crippen LogP contribution in [0.15, 0.2) is 18.2 Å². The molecule has 2 N–H and O–H groups in total. The second-order valence-electron chi connectivity index (χ2n) is 3.32. The number of rotatable bonds is 4. The molecule has 0 aromatic heterocycles. The number of nitrogens with two attached hydrogens (primary N) is 1. The number of hydrogen-bond donors (Lipinski definition) is 1. The van der Waals surface area contributed by atoms with E-state index in [1.54, 1.807) is 25.1 Å². The Labute approximate surface area is 117 Å². The molecule has 1 rings (SSSR count). The summed E-state index contributed by atoms with van der Waals surface area (Å²) >= 11 is 11.7. The number of carbonyl (C=O) groups excluding carboxylic acids is 1. The van der Waals surface area contributed by atoms with Gasteiger partial charge in [-0.15, -0.1) is 12.4 Å². The number of benzene rings is 1. The van der Waals surface area contributed by atoms with Crippen molar-refractivity contribution in [1.82, 2.24) is 0 Å². The average molecular weight is 299 g/mol. The van der Waals surface area contributed by atoms with Gasteiger partial charge in [-0.1, -0.05) is 23.2 Å². The van der Waals surface area contributed by atoms with E-state index in [4.69, 9.17) is 33.7 Å². The van der Waals surface area contributed by atoms with Crippen molar-refractivity contribution in [2.24, 2.45) is 5.73 Å². The van der Waals surface area contributed by atoms with Crippen molar-refractivity contribution in [3.8, 4) is 0 Å². The van der Waals surface area contributed by atoms with Crippen LogP contribution >= 0.6 is 35.6 Å². The van der Waals surface area contributed by atoms with Gasteiger partial charge in [-0.2, -0.15) is 0 Å². The zero-order valence-electron chi connectivity index (χ0n) is 9.28. The average Bonchev–Trinajstić information content (AvgIpc) is 2.16. The van der Waals surface area contributed by atoms with E-state index in [0.717, 1.165) is 5.56 Å². The van der Waals surface area contributed by atoms with Gasteiger partial charge in [0.05, 0.1) is 13.0 Å². The van der Waals surface area contributed by atoms with E-state index in [9.17, 15) is 4.79 Å². The summed E-state index contributed by atoms with van der Waals surface area (Å²) in [5.41, 5.74) is 6.57. The minimum atomic E-state index is -0.449. The van der Waals surface area contributed by atoms with Gasteiger partial charge < -0.3 is 10.5 Å².